The molecule has 0 bridgehead atoms. The largest absolute Gasteiger partial charge is 0.496 e. The van der Waals surface area contributed by atoms with E-state index in [1.54, 1.807) is 7.11 Å². The Morgan fingerprint density at radius 1 is 0.950 bits per heavy atom. The first-order valence-electron chi connectivity index (χ1n) is 7.00. The first-order chi connectivity index (χ1) is 9.63. The Bertz CT molecular complexity index is 571. The highest BCUT2D eigenvalue weighted by atomic mass is 16.5. The summed E-state index contributed by atoms with van der Waals surface area (Å²) in [5.74, 6) is 1.89. The van der Waals surface area contributed by atoms with Crippen molar-refractivity contribution in [1.82, 2.24) is 0 Å². The van der Waals surface area contributed by atoms with Gasteiger partial charge in [-0.25, -0.2) is 0 Å². The summed E-state index contributed by atoms with van der Waals surface area (Å²) < 4.78 is 10.8. The summed E-state index contributed by atoms with van der Waals surface area (Å²) in [6.45, 7) is 6.92. The summed E-state index contributed by atoms with van der Waals surface area (Å²) in [6.07, 6.45) is 0.934. The standard InChI is InChI=1S/C18H22O2/c1-5-20-17-8-6-15(7-9-17)12-16-10-14(3)18(19-4)11-13(16)2/h6-11H,5,12H2,1-4H3. The van der Waals surface area contributed by atoms with Gasteiger partial charge in [0.1, 0.15) is 11.5 Å². The molecule has 0 N–H and O–H groups in total. The lowest BCUT2D eigenvalue weighted by Gasteiger charge is -2.12. The molecule has 0 heterocycles. The molecule has 2 aromatic rings. The van der Waals surface area contributed by atoms with Crippen LogP contribution in [0.4, 0.5) is 0 Å². The lowest BCUT2D eigenvalue weighted by Crippen LogP contribution is -1.96. The summed E-state index contributed by atoms with van der Waals surface area (Å²) >= 11 is 0. The Kier molecular flexibility index (Phi) is 4.67. The second-order valence-corrected chi connectivity index (χ2v) is 5.00. The van der Waals surface area contributed by atoms with Crippen molar-refractivity contribution in [2.45, 2.75) is 27.2 Å². The molecule has 2 aromatic carbocycles. The molecular formula is C18H22O2. The van der Waals surface area contributed by atoms with E-state index in [1.165, 1.54) is 22.3 Å². The number of benzene rings is 2. The normalized spacial score (nSPS) is 10.4. The lowest BCUT2D eigenvalue weighted by atomic mass is 9.98. The summed E-state index contributed by atoms with van der Waals surface area (Å²) in [5.41, 5.74) is 5.08. The number of aryl methyl sites for hydroxylation is 2. The van der Waals surface area contributed by atoms with Gasteiger partial charge >= 0.3 is 0 Å². The van der Waals surface area contributed by atoms with Crippen LogP contribution in [-0.4, -0.2) is 13.7 Å². The van der Waals surface area contributed by atoms with E-state index in [0.29, 0.717) is 6.61 Å². The Labute approximate surface area is 121 Å². The van der Waals surface area contributed by atoms with Crippen molar-refractivity contribution in [2.24, 2.45) is 0 Å². The van der Waals surface area contributed by atoms with Crippen molar-refractivity contribution < 1.29 is 9.47 Å². The van der Waals surface area contributed by atoms with Crippen molar-refractivity contribution in [3.8, 4) is 11.5 Å². The van der Waals surface area contributed by atoms with Crippen LogP contribution in [-0.2, 0) is 6.42 Å². The minimum absolute atomic E-state index is 0.704. The maximum Gasteiger partial charge on any atom is 0.122 e. The average Bonchev–Trinajstić information content (AvgIpc) is 2.45. The van der Waals surface area contributed by atoms with E-state index in [9.17, 15) is 0 Å². The van der Waals surface area contributed by atoms with Crippen LogP contribution in [0.25, 0.3) is 0 Å². The van der Waals surface area contributed by atoms with E-state index < -0.39 is 0 Å². The monoisotopic (exact) mass is 270 g/mol. The van der Waals surface area contributed by atoms with Crippen LogP contribution in [0.2, 0.25) is 0 Å². The van der Waals surface area contributed by atoms with Crippen LogP contribution in [0, 0.1) is 13.8 Å². The predicted molar refractivity (Wildman–Crippen MR) is 82.9 cm³/mol. The zero-order valence-corrected chi connectivity index (χ0v) is 12.7. The van der Waals surface area contributed by atoms with Gasteiger partial charge in [0.25, 0.3) is 0 Å². The Morgan fingerprint density at radius 2 is 1.65 bits per heavy atom. The lowest BCUT2D eigenvalue weighted by molar-refractivity contribution is 0.340. The molecule has 106 valence electrons. The molecule has 0 radical (unpaired) electrons. The van der Waals surface area contributed by atoms with Gasteiger partial charge in [0.2, 0.25) is 0 Å². The maximum atomic E-state index is 5.47. The highest BCUT2D eigenvalue weighted by Gasteiger charge is 2.06. The van der Waals surface area contributed by atoms with Gasteiger partial charge in [-0.05, 0) is 67.6 Å². The molecule has 0 aliphatic rings. The van der Waals surface area contributed by atoms with Crippen molar-refractivity contribution in [1.29, 1.82) is 0 Å². The highest BCUT2D eigenvalue weighted by Crippen LogP contribution is 2.24. The van der Waals surface area contributed by atoms with E-state index in [2.05, 4.69) is 38.1 Å². The third-order valence-corrected chi connectivity index (χ3v) is 3.48. The maximum absolute atomic E-state index is 5.47. The van der Waals surface area contributed by atoms with E-state index in [0.717, 1.165) is 17.9 Å². The molecule has 0 fully saturated rings. The zero-order valence-electron chi connectivity index (χ0n) is 12.7. The molecule has 0 aromatic heterocycles. The van der Waals surface area contributed by atoms with Crippen molar-refractivity contribution in [2.75, 3.05) is 13.7 Å². The number of methoxy groups -OCH3 is 1. The van der Waals surface area contributed by atoms with Gasteiger partial charge < -0.3 is 9.47 Å². The molecule has 0 saturated heterocycles. The van der Waals surface area contributed by atoms with Gasteiger partial charge in [0, 0.05) is 0 Å². The molecule has 20 heavy (non-hydrogen) atoms. The number of hydrogen-bond acceptors (Lipinski definition) is 2. The van der Waals surface area contributed by atoms with E-state index in [4.69, 9.17) is 9.47 Å². The van der Waals surface area contributed by atoms with Gasteiger partial charge in [0.15, 0.2) is 0 Å². The van der Waals surface area contributed by atoms with Crippen molar-refractivity contribution in [3.05, 3.63) is 58.7 Å². The van der Waals surface area contributed by atoms with Crippen LogP contribution in [0.1, 0.15) is 29.2 Å². The molecule has 0 unspecified atom stereocenters. The fourth-order valence-corrected chi connectivity index (χ4v) is 2.35. The molecule has 0 saturated carbocycles. The third kappa shape index (κ3) is 3.32. The molecule has 0 atom stereocenters. The van der Waals surface area contributed by atoms with E-state index in [1.807, 2.05) is 19.1 Å². The summed E-state index contributed by atoms with van der Waals surface area (Å²) in [7, 11) is 1.72. The van der Waals surface area contributed by atoms with Crippen molar-refractivity contribution in [3.63, 3.8) is 0 Å². The van der Waals surface area contributed by atoms with Gasteiger partial charge in [-0.2, -0.15) is 0 Å². The minimum atomic E-state index is 0.704. The molecule has 0 amide bonds. The average molecular weight is 270 g/mol. The van der Waals surface area contributed by atoms with E-state index >= 15 is 0 Å². The predicted octanol–water partition coefficient (Wildman–Crippen LogP) is 4.30. The Balaban J connectivity index is 2.19. The van der Waals surface area contributed by atoms with Gasteiger partial charge in [-0.15, -0.1) is 0 Å². The number of ether oxygens (including phenoxy) is 2. The highest BCUT2D eigenvalue weighted by molar-refractivity contribution is 5.43. The molecule has 2 rings (SSSR count). The Morgan fingerprint density at radius 3 is 2.25 bits per heavy atom. The molecular weight excluding hydrogens is 248 g/mol. The van der Waals surface area contributed by atoms with Crippen LogP contribution in [0.5, 0.6) is 11.5 Å². The van der Waals surface area contributed by atoms with Crippen LogP contribution >= 0.6 is 0 Å². The SMILES string of the molecule is CCOc1ccc(Cc2cc(C)c(OC)cc2C)cc1. The van der Waals surface area contributed by atoms with Gasteiger partial charge in [-0.1, -0.05) is 18.2 Å². The molecule has 0 spiro atoms. The van der Waals surface area contributed by atoms with Crippen molar-refractivity contribution >= 4 is 0 Å². The number of hydrogen-bond donors (Lipinski definition) is 0. The van der Waals surface area contributed by atoms with Gasteiger partial charge in [-0.3, -0.25) is 0 Å². The quantitative estimate of drug-likeness (QED) is 0.806. The van der Waals surface area contributed by atoms with E-state index in [-0.39, 0.29) is 0 Å². The molecule has 0 aliphatic carbocycles. The second kappa shape index (κ2) is 6.47. The summed E-state index contributed by atoms with van der Waals surface area (Å²) in [5, 5.41) is 0. The molecule has 2 heteroatoms. The minimum Gasteiger partial charge on any atom is -0.496 e. The summed E-state index contributed by atoms with van der Waals surface area (Å²) in [6, 6.07) is 12.6. The third-order valence-electron chi connectivity index (χ3n) is 3.48. The van der Waals surface area contributed by atoms with Gasteiger partial charge in [0.05, 0.1) is 13.7 Å². The fraction of sp³-hybridized carbons (Fsp3) is 0.333. The summed E-state index contributed by atoms with van der Waals surface area (Å²) in [4.78, 5) is 0. The van der Waals surface area contributed by atoms with Crippen LogP contribution < -0.4 is 9.47 Å². The zero-order chi connectivity index (χ0) is 14.5. The van der Waals surface area contributed by atoms with Crippen LogP contribution in [0.3, 0.4) is 0 Å². The number of rotatable bonds is 5. The Hall–Kier alpha value is -1.96. The first kappa shape index (κ1) is 14.4. The smallest absolute Gasteiger partial charge is 0.122 e. The fourth-order valence-electron chi connectivity index (χ4n) is 2.35. The molecule has 2 nitrogen and oxygen atoms in total. The molecule has 0 aliphatic heterocycles. The van der Waals surface area contributed by atoms with Crippen LogP contribution in [0.15, 0.2) is 36.4 Å². The first-order valence-corrected chi connectivity index (χ1v) is 7.00. The second-order valence-electron chi connectivity index (χ2n) is 5.00. The topological polar surface area (TPSA) is 18.5 Å².